The number of nitrogens with two attached hydrogens (primary N) is 2. The predicted molar refractivity (Wildman–Crippen MR) is 104 cm³/mol. The molecule has 2 aromatic rings. The summed E-state index contributed by atoms with van der Waals surface area (Å²) in [7, 11) is 0. The number of guanidine groups is 1. The minimum Gasteiger partial charge on any atom is -0.394 e. The zero-order valence-corrected chi connectivity index (χ0v) is 15.8. The number of fused-ring (bicyclic) bond motifs is 1. The van der Waals surface area contributed by atoms with Crippen molar-refractivity contribution in [3.05, 3.63) is 11.0 Å². The number of aliphatic hydroxyl groups excluding tert-OH is 3. The van der Waals surface area contributed by atoms with Crippen LogP contribution in [0.4, 0.5) is 5.95 Å². The number of aromatic amines is 1. The fourth-order valence-corrected chi connectivity index (χ4v) is 3.21. The molecule has 0 unspecified atom stereocenters. The second kappa shape index (κ2) is 8.79. The molecule has 1 aliphatic rings. The number of aliphatic imine (C=N–C) groups is 1. The maximum atomic E-state index is 10.3. The van der Waals surface area contributed by atoms with Gasteiger partial charge < -0.3 is 41.8 Å². The van der Waals surface area contributed by atoms with E-state index in [0.717, 1.165) is 12.8 Å². The van der Waals surface area contributed by atoms with E-state index < -0.39 is 31.1 Å². The molecule has 28 heavy (non-hydrogen) atoms. The highest BCUT2D eigenvalue weighted by Crippen LogP contribution is 2.31. The topological polar surface area (TPSA) is 193 Å². The molecular formula is C15H24N8O4S. The lowest BCUT2D eigenvalue weighted by Crippen LogP contribution is -2.33. The number of rotatable bonds is 8. The fraction of sp³-hybridized carbons (Fsp3) is 0.600. The number of aromatic nitrogens is 4. The molecule has 9 N–H and O–H groups in total. The van der Waals surface area contributed by atoms with Gasteiger partial charge in [0.25, 0.3) is 0 Å². The van der Waals surface area contributed by atoms with Gasteiger partial charge in [-0.15, -0.1) is 0 Å². The predicted octanol–water partition coefficient (Wildman–Crippen LogP) is -1.43. The average Bonchev–Trinajstić information content (AvgIpc) is 3.20. The van der Waals surface area contributed by atoms with Gasteiger partial charge in [0, 0.05) is 13.1 Å². The molecule has 0 radical (unpaired) electrons. The number of H-pyrrole nitrogens is 1. The van der Waals surface area contributed by atoms with Crippen LogP contribution in [0.5, 0.6) is 0 Å². The van der Waals surface area contributed by atoms with Gasteiger partial charge in [-0.3, -0.25) is 9.56 Å². The second-order valence-corrected chi connectivity index (χ2v) is 6.80. The Bertz CT molecular complexity index is 896. The molecule has 0 aliphatic carbocycles. The molecule has 1 saturated heterocycles. The number of aliphatic hydroxyl groups is 3. The van der Waals surface area contributed by atoms with E-state index in [1.165, 1.54) is 10.9 Å². The zero-order chi connectivity index (χ0) is 20.3. The lowest BCUT2D eigenvalue weighted by molar-refractivity contribution is -0.0511. The van der Waals surface area contributed by atoms with Crippen LogP contribution in [-0.2, 0) is 4.74 Å². The molecule has 0 saturated carbocycles. The van der Waals surface area contributed by atoms with Crippen molar-refractivity contribution in [2.75, 3.05) is 25.0 Å². The second-order valence-electron chi connectivity index (χ2n) is 6.41. The number of imidazole rings is 1. The lowest BCUT2D eigenvalue weighted by atomic mass is 10.1. The number of anilines is 1. The first-order valence-electron chi connectivity index (χ1n) is 8.81. The van der Waals surface area contributed by atoms with Crippen molar-refractivity contribution in [1.29, 1.82) is 0 Å². The van der Waals surface area contributed by atoms with Crippen LogP contribution in [0.15, 0.2) is 11.3 Å². The van der Waals surface area contributed by atoms with Crippen LogP contribution in [0.2, 0.25) is 0 Å². The van der Waals surface area contributed by atoms with Gasteiger partial charge in [0.2, 0.25) is 5.95 Å². The Morgan fingerprint density at radius 3 is 2.82 bits per heavy atom. The number of nitrogens with one attached hydrogen (secondary N) is 2. The molecule has 3 rings (SSSR count). The largest absolute Gasteiger partial charge is 0.394 e. The maximum Gasteiger partial charge on any atom is 0.203 e. The van der Waals surface area contributed by atoms with Crippen molar-refractivity contribution in [3.8, 4) is 0 Å². The van der Waals surface area contributed by atoms with Crippen LogP contribution < -0.4 is 16.8 Å². The molecular weight excluding hydrogens is 388 g/mol. The first kappa shape index (κ1) is 20.4. The molecule has 3 heterocycles. The first-order chi connectivity index (χ1) is 13.4. The van der Waals surface area contributed by atoms with Crippen molar-refractivity contribution in [2.24, 2.45) is 16.5 Å². The normalized spacial score (nSPS) is 24.5. The lowest BCUT2D eigenvalue weighted by Gasteiger charge is -2.17. The third-order valence-electron chi connectivity index (χ3n) is 4.41. The molecule has 2 aromatic heterocycles. The van der Waals surface area contributed by atoms with Crippen molar-refractivity contribution >= 4 is 35.3 Å². The van der Waals surface area contributed by atoms with Crippen LogP contribution in [0.25, 0.3) is 11.2 Å². The summed E-state index contributed by atoms with van der Waals surface area (Å²) in [6.07, 6.45) is -1.18. The molecule has 1 aliphatic heterocycles. The van der Waals surface area contributed by atoms with E-state index in [1.54, 1.807) is 0 Å². The van der Waals surface area contributed by atoms with Crippen LogP contribution in [0.3, 0.4) is 0 Å². The standard InChI is InChI=1S/C15H24N8O4S/c16-14(17)18-3-1-2-4-19-15-21-11-8(12(28)22-15)20-6-23(11)13-10(26)9(25)7(5-24)27-13/h6-7,9-10,13,24-26H,1-5H2,(H4,16,17,18)(H2,19,21,22,28)/t7-,9-,10-,13-/m1/s1. The minimum absolute atomic E-state index is 0.0716. The molecule has 4 atom stereocenters. The van der Waals surface area contributed by atoms with Crippen molar-refractivity contribution < 1.29 is 20.1 Å². The summed E-state index contributed by atoms with van der Waals surface area (Å²) in [5, 5.41) is 32.6. The van der Waals surface area contributed by atoms with Crippen molar-refractivity contribution in [2.45, 2.75) is 37.4 Å². The highest BCUT2D eigenvalue weighted by atomic mass is 32.1. The number of ether oxygens (including phenoxy) is 1. The summed E-state index contributed by atoms with van der Waals surface area (Å²) < 4.78 is 7.37. The van der Waals surface area contributed by atoms with Gasteiger partial charge in [0.1, 0.15) is 29.5 Å². The average molecular weight is 412 g/mol. The van der Waals surface area contributed by atoms with Gasteiger partial charge in [-0.2, -0.15) is 0 Å². The van der Waals surface area contributed by atoms with Crippen LogP contribution in [-0.4, -0.2) is 78.8 Å². The Balaban J connectivity index is 1.74. The Morgan fingerprint density at radius 2 is 2.14 bits per heavy atom. The van der Waals surface area contributed by atoms with Crippen LogP contribution in [0.1, 0.15) is 19.1 Å². The van der Waals surface area contributed by atoms with Crippen LogP contribution in [0, 0.1) is 4.64 Å². The molecule has 154 valence electrons. The van der Waals surface area contributed by atoms with E-state index in [1.807, 2.05) is 0 Å². The summed E-state index contributed by atoms with van der Waals surface area (Å²) in [5.41, 5.74) is 11.5. The van der Waals surface area contributed by atoms with Gasteiger partial charge in [-0.1, -0.05) is 12.2 Å². The van der Waals surface area contributed by atoms with Gasteiger partial charge in [0.15, 0.2) is 16.8 Å². The Labute approximate surface area is 165 Å². The first-order valence-corrected chi connectivity index (χ1v) is 9.21. The smallest absolute Gasteiger partial charge is 0.203 e. The third-order valence-corrected chi connectivity index (χ3v) is 4.69. The zero-order valence-electron chi connectivity index (χ0n) is 15.0. The Kier molecular flexibility index (Phi) is 6.41. The van der Waals surface area contributed by atoms with Crippen molar-refractivity contribution in [1.82, 2.24) is 19.5 Å². The van der Waals surface area contributed by atoms with E-state index in [9.17, 15) is 15.3 Å². The molecule has 0 spiro atoms. The SMILES string of the molecule is NC(N)=NCCCCNc1nc(=S)c2ncn([C@@H]3O[C@H](CO)[C@@H](O)[C@H]3O)c2[nH]1. The van der Waals surface area contributed by atoms with E-state index in [0.29, 0.717) is 30.2 Å². The summed E-state index contributed by atoms with van der Waals surface area (Å²) >= 11 is 5.29. The third kappa shape index (κ3) is 4.23. The van der Waals surface area contributed by atoms with Gasteiger partial charge in [-0.25, -0.2) is 9.97 Å². The molecule has 0 aromatic carbocycles. The van der Waals surface area contributed by atoms with Gasteiger partial charge >= 0.3 is 0 Å². The molecule has 13 heteroatoms. The quantitative estimate of drug-likeness (QED) is 0.117. The number of hydrogen-bond acceptors (Lipinski definition) is 9. The summed E-state index contributed by atoms with van der Waals surface area (Å²) in [5.74, 6) is 0.509. The van der Waals surface area contributed by atoms with Crippen LogP contribution >= 0.6 is 12.2 Å². The molecule has 1 fully saturated rings. The van der Waals surface area contributed by atoms with Gasteiger partial charge in [0.05, 0.1) is 12.9 Å². The van der Waals surface area contributed by atoms with E-state index in [4.69, 9.17) is 28.4 Å². The summed E-state index contributed by atoms with van der Waals surface area (Å²) in [6, 6.07) is 0. The van der Waals surface area contributed by atoms with E-state index in [2.05, 4.69) is 25.3 Å². The van der Waals surface area contributed by atoms with E-state index in [-0.39, 0.29) is 10.6 Å². The number of nitrogens with zero attached hydrogens (tertiary/aromatic N) is 4. The molecule has 0 amide bonds. The monoisotopic (exact) mass is 412 g/mol. The number of hydrogen-bond donors (Lipinski definition) is 7. The Morgan fingerprint density at radius 1 is 1.36 bits per heavy atom. The fourth-order valence-electron chi connectivity index (χ4n) is 2.97. The van der Waals surface area contributed by atoms with Gasteiger partial charge in [-0.05, 0) is 12.8 Å². The minimum atomic E-state index is -1.23. The molecule has 12 nitrogen and oxygen atoms in total. The number of unbranched alkanes of at least 4 members (excludes halogenated alkanes) is 1. The summed E-state index contributed by atoms with van der Waals surface area (Å²) in [6.45, 7) is 0.752. The van der Waals surface area contributed by atoms with Crippen molar-refractivity contribution in [3.63, 3.8) is 0 Å². The Hall–Kier alpha value is -2.32. The summed E-state index contributed by atoms with van der Waals surface area (Å²) in [4.78, 5) is 15.5. The highest BCUT2D eigenvalue weighted by molar-refractivity contribution is 7.71. The maximum absolute atomic E-state index is 10.3. The van der Waals surface area contributed by atoms with E-state index >= 15 is 0 Å². The molecule has 0 bridgehead atoms. The highest BCUT2D eigenvalue weighted by Gasteiger charge is 2.43.